The van der Waals surface area contributed by atoms with E-state index >= 15 is 0 Å². The molecule has 4 heterocycles. The lowest BCUT2D eigenvalue weighted by Gasteiger charge is -2.42. The van der Waals surface area contributed by atoms with Crippen LogP contribution in [0.15, 0.2) is 54.9 Å². The van der Waals surface area contributed by atoms with Crippen molar-refractivity contribution in [1.29, 1.82) is 0 Å². The Morgan fingerprint density at radius 1 is 0.846 bits per heavy atom. The van der Waals surface area contributed by atoms with Gasteiger partial charge in [0.15, 0.2) is 5.82 Å². The molecule has 3 aromatic rings. The van der Waals surface area contributed by atoms with Crippen LogP contribution in [0.4, 0.5) is 31.8 Å². The normalized spacial score (nSPS) is 21.5. The Balaban J connectivity index is 1.07. The van der Waals surface area contributed by atoms with Gasteiger partial charge in [-0.2, -0.15) is 0 Å². The molecule has 1 aromatic heterocycles. The summed E-state index contributed by atoms with van der Waals surface area (Å²) in [5.74, 6) is -0.0746. The summed E-state index contributed by atoms with van der Waals surface area (Å²) in [4.78, 5) is 22.1. The average molecular weight is 536 g/mol. The minimum atomic E-state index is -0.607. The summed E-state index contributed by atoms with van der Waals surface area (Å²) >= 11 is 0. The number of nitrogens with zero attached hydrogens (tertiary/aromatic N) is 6. The minimum Gasteiger partial charge on any atom is -0.371 e. The van der Waals surface area contributed by atoms with Crippen LogP contribution in [0.1, 0.15) is 30.9 Å². The Bertz CT molecular complexity index is 1240. The Morgan fingerprint density at radius 3 is 2.28 bits per heavy atom. The minimum absolute atomic E-state index is 0.336. The number of hydroxylamine groups is 1. The van der Waals surface area contributed by atoms with Crippen molar-refractivity contribution in [3.05, 3.63) is 72.1 Å². The third kappa shape index (κ3) is 5.98. The van der Waals surface area contributed by atoms with E-state index in [1.165, 1.54) is 63.2 Å². The Kier molecular flexibility index (Phi) is 7.58. The Labute approximate surface area is 228 Å². The zero-order chi connectivity index (χ0) is 26.8. The molecule has 0 amide bonds. The molecule has 1 atom stereocenters. The lowest BCUT2D eigenvalue weighted by molar-refractivity contribution is 0.0982. The first kappa shape index (κ1) is 25.9. The molecule has 0 saturated carbocycles. The summed E-state index contributed by atoms with van der Waals surface area (Å²) in [6.45, 7) is 7.28. The standard InChI is InChI=1S/C29H35F2N7O/c1-35-11-13-37(14-12-35)26-6-9-36(10-7-26)25-4-2-24(3-5-25)34-28-19-29(33-20-32-28)38-27(8-15-39-38)21-16-22(30)18-23(31)17-21/h2-5,16-20,26-27H,6-15H2,1H3,(H,32,33,34). The molecule has 2 aromatic carbocycles. The van der Waals surface area contributed by atoms with Crippen LogP contribution in [0, 0.1) is 11.6 Å². The van der Waals surface area contributed by atoms with Gasteiger partial charge in [0.2, 0.25) is 0 Å². The van der Waals surface area contributed by atoms with Gasteiger partial charge in [-0.1, -0.05) is 0 Å². The molecule has 206 valence electrons. The highest BCUT2D eigenvalue weighted by Crippen LogP contribution is 2.35. The van der Waals surface area contributed by atoms with E-state index in [4.69, 9.17) is 4.84 Å². The van der Waals surface area contributed by atoms with Crippen molar-refractivity contribution in [2.24, 2.45) is 0 Å². The number of piperazine rings is 1. The van der Waals surface area contributed by atoms with Crippen LogP contribution in [0.2, 0.25) is 0 Å². The number of halogens is 2. The summed E-state index contributed by atoms with van der Waals surface area (Å²) in [6.07, 6.45) is 4.47. The molecule has 3 aliphatic rings. The third-order valence-corrected chi connectivity index (χ3v) is 8.08. The van der Waals surface area contributed by atoms with Crippen LogP contribution >= 0.6 is 0 Å². The number of hydrogen-bond donors (Lipinski definition) is 1. The van der Waals surface area contributed by atoms with Gasteiger partial charge in [0, 0.05) is 75.2 Å². The topological polar surface area (TPSA) is 60.0 Å². The highest BCUT2D eigenvalue weighted by molar-refractivity contribution is 5.62. The smallest absolute Gasteiger partial charge is 0.158 e. The predicted octanol–water partition coefficient (Wildman–Crippen LogP) is 4.60. The van der Waals surface area contributed by atoms with Crippen LogP contribution in [-0.2, 0) is 4.84 Å². The first-order chi connectivity index (χ1) is 19.0. The molecule has 0 aliphatic carbocycles. The monoisotopic (exact) mass is 535 g/mol. The predicted molar refractivity (Wildman–Crippen MR) is 148 cm³/mol. The number of rotatable bonds is 6. The van der Waals surface area contributed by atoms with Crippen molar-refractivity contribution in [3.63, 3.8) is 0 Å². The second-order valence-electron chi connectivity index (χ2n) is 10.7. The summed E-state index contributed by atoms with van der Waals surface area (Å²) < 4.78 is 27.7. The largest absolute Gasteiger partial charge is 0.371 e. The van der Waals surface area contributed by atoms with E-state index in [-0.39, 0.29) is 6.04 Å². The van der Waals surface area contributed by atoms with E-state index in [0.29, 0.717) is 36.3 Å². The maximum atomic E-state index is 13.8. The van der Waals surface area contributed by atoms with Gasteiger partial charge in [0.25, 0.3) is 0 Å². The van der Waals surface area contributed by atoms with Crippen molar-refractivity contribution in [1.82, 2.24) is 19.8 Å². The summed E-state index contributed by atoms with van der Waals surface area (Å²) in [5, 5.41) is 4.95. The number of aromatic nitrogens is 2. The first-order valence-electron chi connectivity index (χ1n) is 13.8. The summed E-state index contributed by atoms with van der Waals surface area (Å²) in [5.41, 5.74) is 2.67. The van der Waals surface area contributed by atoms with Crippen LogP contribution in [-0.4, -0.2) is 78.7 Å². The number of benzene rings is 2. The average Bonchev–Trinajstić information content (AvgIpc) is 3.44. The highest BCUT2D eigenvalue weighted by Gasteiger charge is 2.30. The molecule has 0 spiro atoms. The highest BCUT2D eigenvalue weighted by atomic mass is 19.1. The molecule has 6 rings (SSSR count). The van der Waals surface area contributed by atoms with Gasteiger partial charge in [-0.05, 0) is 61.9 Å². The maximum absolute atomic E-state index is 13.8. The zero-order valence-corrected chi connectivity index (χ0v) is 22.3. The van der Waals surface area contributed by atoms with Crippen molar-refractivity contribution >= 4 is 23.0 Å². The van der Waals surface area contributed by atoms with Gasteiger partial charge in [0.1, 0.15) is 23.8 Å². The fraction of sp³-hybridized carbons (Fsp3) is 0.448. The third-order valence-electron chi connectivity index (χ3n) is 8.08. The molecule has 1 N–H and O–H groups in total. The molecule has 10 heteroatoms. The summed E-state index contributed by atoms with van der Waals surface area (Å²) in [6, 6.07) is 14.1. The van der Waals surface area contributed by atoms with Crippen LogP contribution in [0.25, 0.3) is 0 Å². The fourth-order valence-corrected chi connectivity index (χ4v) is 5.88. The van der Waals surface area contributed by atoms with Crippen molar-refractivity contribution in [2.45, 2.75) is 31.3 Å². The second kappa shape index (κ2) is 11.4. The number of piperidine rings is 1. The molecule has 3 saturated heterocycles. The summed E-state index contributed by atoms with van der Waals surface area (Å²) in [7, 11) is 2.21. The molecule has 39 heavy (non-hydrogen) atoms. The van der Waals surface area contributed by atoms with Crippen molar-refractivity contribution < 1.29 is 13.6 Å². The molecule has 0 bridgehead atoms. The SMILES string of the molecule is CN1CCN(C2CCN(c3ccc(Nc4cc(N5OCCC5c5cc(F)cc(F)c5)ncn4)cc3)CC2)CC1. The van der Waals surface area contributed by atoms with E-state index in [1.54, 1.807) is 11.1 Å². The van der Waals surface area contributed by atoms with Crippen LogP contribution in [0.5, 0.6) is 0 Å². The number of nitrogens with one attached hydrogen (secondary N) is 1. The second-order valence-corrected chi connectivity index (χ2v) is 10.7. The Hall–Kier alpha value is -3.34. The van der Waals surface area contributed by atoms with Gasteiger partial charge < -0.3 is 15.1 Å². The van der Waals surface area contributed by atoms with Gasteiger partial charge in [-0.15, -0.1) is 0 Å². The van der Waals surface area contributed by atoms with E-state index < -0.39 is 11.6 Å². The molecule has 0 radical (unpaired) electrons. The number of likely N-dealkylation sites (N-methyl/N-ethyl adjacent to an activating group) is 1. The van der Waals surface area contributed by atoms with Crippen molar-refractivity contribution in [3.8, 4) is 0 Å². The molecular weight excluding hydrogens is 500 g/mol. The molecular formula is C29H35F2N7O. The van der Waals surface area contributed by atoms with E-state index in [9.17, 15) is 8.78 Å². The first-order valence-corrected chi connectivity index (χ1v) is 13.8. The van der Waals surface area contributed by atoms with Gasteiger partial charge >= 0.3 is 0 Å². The fourth-order valence-electron chi connectivity index (χ4n) is 5.88. The van der Waals surface area contributed by atoms with Crippen molar-refractivity contribution in [2.75, 3.05) is 68.2 Å². The molecule has 1 unspecified atom stereocenters. The van der Waals surface area contributed by atoms with Crippen LogP contribution < -0.4 is 15.3 Å². The van der Waals surface area contributed by atoms with Crippen LogP contribution in [0.3, 0.4) is 0 Å². The lowest BCUT2D eigenvalue weighted by Crippen LogP contribution is -2.52. The molecule has 8 nitrogen and oxygen atoms in total. The van der Waals surface area contributed by atoms with Gasteiger partial charge in [-0.25, -0.2) is 23.8 Å². The van der Waals surface area contributed by atoms with Gasteiger partial charge in [-0.3, -0.25) is 9.74 Å². The molecule has 3 aliphatic heterocycles. The quantitative estimate of drug-likeness (QED) is 0.492. The lowest BCUT2D eigenvalue weighted by atomic mass is 10.0. The maximum Gasteiger partial charge on any atom is 0.158 e. The molecule has 3 fully saturated rings. The Morgan fingerprint density at radius 2 is 1.56 bits per heavy atom. The number of hydrogen-bond acceptors (Lipinski definition) is 8. The zero-order valence-electron chi connectivity index (χ0n) is 22.3. The number of anilines is 4. The van der Waals surface area contributed by atoms with Gasteiger partial charge in [0.05, 0.1) is 12.6 Å². The van der Waals surface area contributed by atoms with E-state index in [1.807, 2.05) is 0 Å². The van der Waals surface area contributed by atoms with E-state index in [2.05, 4.69) is 61.3 Å². The van der Waals surface area contributed by atoms with E-state index in [0.717, 1.165) is 24.8 Å².